The first-order valence-electron chi connectivity index (χ1n) is 5.73. The second-order valence-corrected chi connectivity index (χ2v) is 4.10. The Morgan fingerprint density at radius 3 is 2.73 bits per heavy atom. The molecule has 1 aliphatic rings. The van der Waals surface area contributed by atoms with Gasteiger partial charge in [0.15, 0.2) is 0 Å². The second kappa shape index (κ2) is 4.65. The average molecular weight is 208 g/mol. The maximum atomic E-state index is 13.2. The molecule has 1 nitrogen and oxygen atoms in total. The first-order valence-corrected chi connectivity index (χ1v) is 5.73. The van der Waals surface area contributed by atoms with Crippen molar-refractivity contribution in [1.82, 2.24) is 0 Å². The summed E-state index contributed by atoms with van der Waals surface area (Å²) in [4.78, 5) is 0. The molecule has 0 spiro atoms. The monoisotopic (exact) mass is 208 g/mol. The number of ether oxygens (including phenoxy) is 1. The molecule has 0 saturated heterocycles. The van der Waals surface area contributed by atoms with E-state index in [1.165, 1.54) is 31.7 Å². The Bertz CT molecular complexity index is 329. The molecule has 1 aliphatic carbocycles. The summed E-state index contributed by atoms with van der Waals surface area (Å²) in [5.41, 5.74) is 1.06. The molecule has 82 valence electrons. The first-order chi connectivity index (χ1) is 7.31. The molecular formula is C13H17FO. The Labute approximate surface area is 90.3 Å². The fourth-order valence-corrected chi connectivity index (χ4v) is 2.36. The van der Waals surface area contributed by atoms with E-state index in [1.54, 1.807) is 12.1 Å². The number of halogens is 1. The van der Waals surface area contributed by atoms with E-state index in [2.05, 4.69) is 0 Å². The van der Waals surface area contributed by atoms with Crippen LogP contribution in [0.2, 0.25) is 0 Å². The van der Waals surface area contributed by atoms with E-state index in [9.17, 15) is 4.39 Å². The summed E-state index contributed by atoms with van der Waals surface area (Å²) in [6.45, 7) is 2.60. The summed E-state index contributed by atoms with van der Waals surface area (Å²) in [7, 11) is 0. The van der Waals surface area contributed by atoms with E-state index < -0.39 is 0 Å². The van der Waals surface area contributed by atoms with Crippen LogP contribution in [0.25, 0.3) is 0 Å². The molecule has 0 amide bonds. The lowest BCUT2D eigenvalue weighted by atomic mass is 9.96. The smallest absolute Gasteiger partial charge is 0.123 e. The van der Waals surface area contributed by atoms with Gasteiger partial charge in [-0.05, 0) is 43.9 Å². The fraction of sp³-hybridized carbons (Fsp3) is 0.538. The standard InChI is InChI=1S/C13H17FO/c1-2-15-13-8-7-11(14)9-12(13)10-5-3-4-6-10/h7-10H,2-6H2,1H3. The lowest BCUT2D eigenvalue weighted by Crippen LogP contribution is -2.00. The zero-order valence-corrected chi connectivity index (χ0v) is 9.13. The van der Waals surface area contributed by atoms with Crippen molar-refractivity contribution in [1.29, 1.82) is 0 Å². The summed E-state index contributed by atoms with van der Waals surface area (Å²) >= 11 is 0. The molecule has 1 saturated carbocycles. The minimum atomic E-state index is -0.152. The molecule has 1 aromatic carbocycles. The summed E-state index contributed by atoms with van der Waals surface area (Å²) in [5, 5.41) is 0. The van der Waals surface area contributed by atoms with Gasteiger partial charge >= 0.3 is 0 Å². The molecule has 0 aliphatic heterocycles. The molecule has 1 fully saturated rings. The molecule has 0 radical (unpaired) electrons. The molecular weight excluding hydrogens is 191 g/mol. The molecule has 15 heavy (non-hydrogen) atoms. The van der Waals surface area contributed by atoms with Crippen LogP contribution in [0.5, 0.6) is 5.75 Å². The van der Waals surface area contributed by atoms with E-state index in [-0.39, 0.29) is 5.82 Å². The van der Waals surface area contributed by atoms with Gasteiger partial charge in [-0.2, -0.15) is 0 Å². The van der Waals surface area contributed by atoms with Crippen LogP contribution < -0.4 is 4.74 Å². The van der Waals surface area contributed by atoms with Gasteiger partial charge in [-0.1, -0.05) is 12.8 Å². The van der Waals surface area contributed by atoms with Crippen LogP contribution in [0, 0.1) is 5.82 Å². The molecule has 0 atom stereocenters. The Morgan fingerprint density at radius 1 is 1.33 bits per heavy atom. The zero-order valence-electron chi connectivity index (χ0n) is 9.13. The molecule has 0 heterocycles. The van der Waals surface area contributed by atoms with Gasteiger partial charge in [-0.3, -0.25) is 0 Å². The number of benzene rings is 1. The largest absolute Gasteiger partial charge is 0.494 e. The first kappa shape index (κ1) is 10.5. The SMILES string of the molecule is CCOc1ccc(F)cc1C1CCCC1. The van der Waals surface area contributed by atoms with Crippen molar-refractivity contribution >= 4 is 0 Å². The third kappa shape index (κ3) is 2.31. The van der Waals surface area contributed by atoms with E-state index in [0.717, 1.165) is 11.3 Å². The van der Waals surface area contributed by atoms with Crippen LogP contribution in [0.3, 0.4) is 0 Å². The average Bonchev–Trinajstić information content (AvgIpc) is 2.74. The van der Waals surface area contributed by atoms with E-state index >= 15 is 0 Å². The van der Waals surface area contributed by atoms with Gasteiger partial charge in [0.2, 0.25) is 0 Å². The van der Waals surface area contributed by atoms with Crippen molar-refractivity contribution in [3.8, 4) is 5.75 Å². The van der Waals surface area contributed by atoms with Gasteiger partial charge < -0.3 is 4.74 Å². The highest BCUT2D eigenvalue weighted by Gasteiger charge is 2.21. The van der Waals surface area contributed by atoms with Crippen molar-refractivity contribution < 1.29 is 9.13 Å². The Hall–Kier alpha value is -1.05. The number of rotatable bonds is 3. The summed E-state index contributed by atoms with van der Waals surface area (Å²) in [6.07, 6.45) is 4.85. The second-order valence-electron chi connectivity index (χ2n) is 4.10. The summed E-state index contributed by atoms with van der Waals surface area (Å²) < 4.78 is 18.7. The normalized spacial score (nSPS) is 16.9. The highest BCUT2D eigenvalue weighted by atomic mass is 19.1. The molecule has 1 aromatic rings. The molecule has 0 aromatic heterocycles. The van der Waals surface area contributed by atoms with Crippen molar-refractivity contribution in [3.05, 3.63) is 29.6 Å². The highest BCUT2D eigenvalue weighted by Crippen LogP contribution is 2.38. The fourth-order valence-electron chi connectivity index (χ4n) is 2.36. The molecule has 2 rings (SSSR count). The topological polar surface area (TPSA) is 9.23 Å². The molecule has 2 heteroatoms. The minimum Gasteiger partial charge on any atom is -0.494 e. The predicted molar refractivity (Wildman–Crippen MR) is 58.8 cm³/mol. The Balaban J connectivity index is 2.28. The van der Waals surface area contributed by atoms with Gasteiger partial charge in [0.25, 0.3) is 0 Å². The summed E-state index contributed by atoms with van der Waals surface area (Å²) in [5.74, 6) is 1.22. The lowest BCUT2D eigenvalue weighted by molar-refractivity contribution is 0.333. The maximum absolute atomic E-state index is 13.2. The number of hydrogen-bond donors (Lipinski definition) is 0. The predicted octanol–water partition coefficient (Wildman–Crippen LogP) is 3.88. The van der Waals surface area contributed by atoms with Gasteiger partial charge in [0.05, 0.1) is 6.61 Å². The zero-order chi connectivity index (χ0) is 10.7. The van der Waals surface area contributed by atoms with Crippen molar-refractivity contribution in [2.75, 3.05) is 6.61 Å². The van der Waals surface area contributed by atoms with E-state index in [0.29, 0.717) is 12.5 Å². The minimum absolute atomic E-state index is 0.152. The van der Waals surface area contributed by atoms with Gasteiger partial charge in [0.1, 0.15) is 11.6 Å². The van der Waals surface area contributed by atoms with Gasteiger partial charge in [0, 0.05) is 5.56 Å². The highest BCUT2D eigenvalue weighted by molar-refractivity contribution is 5.37. The van der Waals surface area contributed by atoms with E-state index in [4.69, 9.17) is 4.74 Å². The Kier molecular flexibility index (Phi) is 3.24. The number of hydrogen-bond acceptors (Lipinski definition) is 1. The van der Waals surface area contributed by atoms with Crippen LogP contribution in [0.1, 0.15) is 44.1 Å². The van der Waals surface area contributed by atoms with Gasteiger partial charge in [-0.15, -0.1) is 0 Å². The van der Waals surface area contributed by atoms with Crippen LogP contribution >= 0.6 is 0 Å². The van der Waals surface area contributed by atoms with Crippen LogP contribution in [-0.4, -0.2) is 6.61 Å². The van der Waals surface area contributed by atoms with Crippen LogP contribution in [0.15, 0.2) is 18.2 Å². The van der Waals surface area contributed by atoms with Gasteiger partial charge in [-0.25, -0.2) is 4.39 Å². The Morgan fingerprint density at radius 2 is 2.07 bits per heavy atom. The third-order valence-electron chi connectivity index (χ3n) is 3.07. The van der Waals surface area contributed by atoms with Crippen LogP contribution in [0.4, 0.5) is 4.39 Å². The van der Waals surface area contributed by atoms with E-state index in [1.807, 2.05) is 6.92 Å². The molecule has 0 bridgehead atoms. The van der Waals surface area contributed by atoms with Crippen molar-refractivity contribution in [3.63, 3.8) is 0 Å². The quantitative estimate of drug-likeness (QED) is 0.732. The summed E-state index contributed by atoms with van der Waals surface area (Å²) in [6, 6.07) is 4.87. The van der Waals surface area contributed by atoms with Crippen molar-refractivity contribution in [2.24, 2.45) is 0 Å². The lowest BCUT2D eigenvalue weighted by Gasteiger charge is -2.15. The maximum Gasteiger partial charge on any atom is 0.123 e. The van der Waals surface area contributed by atoms with Crippen LogP contribution in [-0.2, 0) is 0 Å². The molecule has 0 N–H and O–H groups in total. The molecule has 0 unspecified atom stereocenters. The third-order valence-corrected chi connectivity index (χ3v) is 3.07. The van der Waals surface area contributed by atoms with Crippen molar-refractivity contribution in [2.45, 2.75) is 38.5 Å².